The van der Waals surface area contributed by atoms with Gasteiger partial charge in [-0.05, 0) is 38.1 Å². The van der Waals surface area contributed by atoms with Crippen LogP contribution in [0.5, 0.6) is 5.75 Å². The van der Waals surface area contributed by atoms with E-state index >= 15 is 0 Å². The summed E-state index contributed by atoms with van der Waals surface area (Å²) in [7, 11) is 0. The van der Waals surface area contributed by atoms with Gasteiger partial charge in [0.25, 0.3) is 0 Å². The van der Waals surface area contributed by atoms with E-state index in [1.54, 1.807) is 6.07 Å². The average molecular weight is 332 g/mol. The highest BCUT2D eigenvalue weighted by Crippen LogP contribution is 2.26. The Morgan fingerprint density at radius 2 is 1.96 bits per heavy atom. The molecule has 2 N–H and O–H groups in total. The number of amides is 1. The van der Waals surface area contributed by atoms with Crippen LogP contribution in [0.15, 0.2) is 24.3 Å². The number of para-hydroxylation sites is 2. The molecule has 0 unspecified atom stereocenters. The van der Waals surface area contributed by atoms with E-state index in [0.717, 1.165) is 25.9 Å². The van der Waals surface area contributed by atoms with Crippen molar-refractivity contribution >= 4 is 11.6 Å². The van der Waals surface area contributed by atoms with Crippen LogP contribution < -0.4 is 15.4 Å². The Bertz CT molecular complexity index is 517. The smallest absolute Gasteiger partial charge is 0.422 e. The molecule has 0 atom stereocenters. The first kappa shape index (κ1) is 17.6. The maximum Gasteiger partial charge on any atom is 0.422 e. The fourth-order valence-corrected chi connectivity index (χ4v) is 2.20. The van der Waals surface area contributed by atoms with Gasteiger partial charge < -0.3 is 20.1 Å². The number of halogens is 3. The largest absolute Gasteiger partial charge is 0.482 e. The molecule has 1 aromatic rings. The van der Waals surface area contributed by atoms with Crippen LogP contribution in [-0.4, -0.2) is 44.5 Å². The lowest BCUT2D eigenvalue weighted by Gasteiger charge is -2.22. The number of ether oxygens (including phenoxy) is 2. The Morgan fingerprint density at radius 3 is 2.65 bits per heavy atom. The van der Waals surface area contributed by atoms with Crippen LogP contribution in [0.1, 0.15) is 12.8 Å². The molecule has 0 radical (unpaired) electrons. The summed E-state index contributed by atoms with van der Waals surface area (Å²) in [5.74, 6) is -0.452. The molecule has 1 aliphatic heterocycles. The third-order valence-corrected chi connectivity index (χ3v) is 3.29. The summed E-state index contributed by atoms with van der Waals surface area (Å²) in [5, 5.41) is 5.70. The molecular weight excluding hydrogens is 313 g/mol. The first-order valence-corrected chi connectivity index (χ1v) is 7.35. The van der Waals surface area contributed by atoms with Gasteiger partial charge >= 0.3 is 6.18 Å². The van der Waals surface area contributed by atoms with Gasteiger partial charge in [-0.2, -0.15) is 13.2 Å². The number of carbonyl (C=O) groups is 1. The van der Waals surface area contributed by atoms with Crippen molar-refractivity contribution in [3.63, 3.8) is 0 Å². The Labute approximate surface area is 132 Å². The van der Waals surface area contributed by atoms with Crippen LogP contribution in [0.2, 0.25) is 0 Å². The second-order valence-electron chi connectivity index (χ2n) is 5.21. The number of benzene rings is 1. The number of anilines is 1. The molecule has 2 rings (SSSR count). The predicted molar refractivity (Wildman–Crippen MR) is 78.5 cm³/mol. The Kier molecular flexibility index (Phi) is 6.23. The summed E-state index contributed by atoms with van der Waals surface area (Å²) < 4.78 is 46.9. The Morgan fingerprint density at radius 1 is 1.26 bits per heavy atom. The van der Waals surface area contributed by atoms with Gasteiger partial charge in [0.05, 0.1) is 11.8 Å². The number of carbonyl (C=O) groups excluding carboxylic acids is 1. The second kappa shape index (κ2) is 8.16. The lowest BCUT2D eigenvalue weighted by Crippen LogP contribution is -2.34. The molecule has 0 saturated carbocycles. The normalized spacial score (nSPS) is 16.1. The molecule has 1 aliphatic rings. The van der Waals surface area contributed by atoms with Gasteiger partial charge in [-0.25, -0.2) is 0 Å². The lowest BCUT2D eigenvalue weighted by molar-refractivity contribution is -0.153. The minimum Gasteiger partial charge on any atom is -0.482 e. The van der Waals surface area contributed by atoms with E-state index in [1.165, 1.54) is 18.2 Å². The summed E-state index contributed by atoms with van der Waals surface area (Å²) in [6.45, 7) is 0.143. The first-order valence-electron chi connectivity index (χ1n) is 7.35. The molecule has 8 heteroatoms. The highest BCUT2D eigenvalue weighted by atomic mass is 19.4. The summed E-state index contributed by atoms with van der Waals surface area (Å²) in [5.41, 5.74) is 0.190. The van der Waals surface area contributed by atoms with Crippen LogP contribution in [-0.2, 0) is 9.53 Å². The molecular formula is C15H19F3N2O3. The topological polar surface area (TPSA) is 59.6 Å². The van der Waals surface area contributed by atoms with E-state index in [1.807, 2.05) is 0 Å². The minimum atomic E-state index is -4.44. The van der Waals surface area contributed by atoms with E-state index in [9.17, 15) is 18.0 Å². The van der Waals surface area contributed by atoms with Gasteiger partial charge in [-0.15, -0.1) is 0 Å². The van der Waals surface area contributed by atoms with Crippen molar-refractivity contribution in [2.75, 3.05) is 31.6 Å². The summed E-state index contributed by atoms with van der Waals surface area (Å²) in [4.78, 5) is 11.9. The molecule has 128 valence electrons. The van der Waals surface area contributed by atoms with Crippen molar-refractivity contribution in [3.8, 4) is 5.75 Å². The molecule has 1 saturated heterocycles. The maximum absolute atomic E-state index is 12.2. The number of nitrogens with one attached hydrogen (secondary N) is 2. The molecule has 0 aromatic heterocycles. The van der Waals surface area contributed by atoms with Crippen molar-refractivity contribution in [3.05, 3.63) is 24.3 Å². The van der Waals surface area contributed by atoms with E-state index in [4.69, 9.17) is 9.47 Å². The number of rotatable bonds is 6. The number of alkyl halides is 3. The molecule has 0 aliphatic carbocycles. The van der Waals surface area contributed by atoms with E-state index in [0.29, 0.717) is 0 Å². The number of hydrogen-bond donors (Lipinski definition) is 2. The van der Waals surface area contributed by atoms with Gasteiger partial charge in [0.2, 0.25) is 5.91 Å². The standard InChI is InChI=1S/C15H19F3N2O3/c16-15(17,18)10-23-13-4-2-1-3-12(13)20-14(21)9-22-11-5-7-19-8-6-11/h1-4,11,19H,5-10H2,(H,20,21). The highest BCUT2D eigenvalue weighted by Gasteiger charge is 2.28. The Balaban J connectivity index is 1.84. The third kappa shape index (κ3) is 6.45. The maximum atomic E-state index is 12.2. The van der Waals surface area contributed by atoms with Crippen molar-refractivity contribution in [1.29, 1.82) is 0 Å². The zero-order valence-electron chi connectivity index (χ0n) is 12.5. The molecule has 1 amide bonds. The molecule has 5 nitrogen and oxygen atoms in total. The van der Waals surface area contributed by atoms with Gasteiger partial charge in [-0.1, -0.05) is 12.1 Å². The number of hydrogen-bond acceptors (Lipinski definition) is 4. The minimum absolute atomic E-state index is 0.0266. The monoisotopic (exact) mass is 332 g/mol. The predicted octanol–water partition coefficient (Wildman–Crippen LogP) is 2.33. The summed E-state index contributed by atoms with van der Waals surface area (Å²) in [6.07, 6.45) is -2.74. The third-order valence-electron chi connectivity index (χ3n) is 3.29. The van der Waals surface area contributed by atoms with E-state index in [-0.39, 0.29) is 24.1 Å². The van der Waals surface area contributed by atoms with Gasteiger partial charge in [0.15, 0.2) is 6.61 Å². The molecule has 0 spiro atoms. The molecule has 23 heavy (non-hydrogen) atoms. The lowest BCUT2D eigenvalue weighted by atomic mass is 10.1. The zero-order valence-corrected chi connectivity index (χ0v) is 12.5. The molecule has 1 aromatic carbocycles. The molecule has 0 bridgehead atoms. The van der Waals surface area contributed by atoms with Gasteiger partial charge in [0, 0.05) is 0 Å². The van der Waals surface area contributed by atoms with Crippen molar-refractivity contribution in [2.24, 2.45) is 0 Å². The van der Waals surface area contributed by atoms with Gasteiger partial charge in [0.1, 0.15) is 12.4 Å². The van der Waals surface area contributed by atoms with Crippen molar-refractivity contribution in [2.45, 2.75) is 25.1 Å². The SMILES string of the molecule is O=C(COC1CCNCC1)Nc1ccccc1OCC(F)(F)F. The van der Waals surface area contributed by atoms with E-state index < -0.39 is 18.7 Å². The molecule has 1 heterocycles. The van der Waals surface area contributed by atoms with E-state index in [2.05, 4.69) is 10.6 Å². The van der Waals surface area contributed by atoms with Crippen molar-refractivity contribution < 1.29 is 27.4 Å². The highest BCUT2D eigenvalue weighted by molar-refractivity contribution is 5.93. The molecule has 1 fully saturated rings. The summed E-state index contributed by atoms with van der Waals surface area (Å²) >= 11 is 0. The fourth-order valence-electron chi connectivity index (χ4n) is 2.20. The number of piperidine rings is 1. The average Bonchev–Trinajstić information content (AvgIpc) is 2.52. The first-order chi connectivity index (χ1) is 10.9. The van der Waals surface area contributed by atoms with Crippen LogP contribution in [0.4, 0.5) is 18.9 Å². The van der Waals surface area contributed by atoms with Crippen LogP contribution in [0, 0.1) is 0 Å². The van der Waals surface area contributed by atoms with Gasteiger partial charge in [-0.3, -0.25) is 4.79 Å². The van der Waals surface area contributed by atoms with Crippen LogP contribution in [0.25, 0.3) is 0 Å². The second-order valence-corrected chi connectivity index (χ2v) is 5.21. The van der Waals surface area contributed by atoms with Crippen LogP contribution in [0.3, 0.4) is 0 Å². The zero-order chi connectivity index (χ0) is 16.7. The fraction of sp³-hybridized carbons (Fsp3) is 0.533. The van der Waals surface area contributed by atoms with Crippen LogP contribution >= 0.6 is 0 Å². The van der Waals surface area contributed by atoms with Crippen molar-refractivity contribution in [1.82, 2.24) is 5.32 Å². The Hall–Kier alpha value is -1.80. The summed E-state index contributed by atoms with van der Waals surface area (Å²) in [6, 6.07) is 5.99. The quantitative estimate of drug-likeness (QED) is 0.839.